The van der Waals surface area contributed by atoms with Gasteiger partial charge in [-0.2, -0.15) is 0 Å². The molecular formula is C18H24N6O2. The van der Waals surface area contributed by atoms with Crippen LogP contribution >= 0.6 is 0 Å². The van der Waals surface area contributed by atoms with Crippen molar-refractivity contribution in [2.24, 2.45) is 0 Å². The van der Waals surface area contributed by atoms with E-state index in [9.17, 15) is 0 Å². The summed E-state index contributed by atoms with van der Waals surface area (Å²) in [6, 6.07) is 5.97. The minimum atomic E-state index is 0.629. The second-order valence-corrected chi connectivity index (χ2v) is 6.25. The molecule has 8 nitrogen and oxygen atoms in total. The van der Waals surface area contributed by atoms with Gasteiger partial charge in [0.25, 0.3) is 0 Å². The highest BCUT2D eigenvalue weighted by atomic mass is 16.5. The number of nitrogens with zero attached hydrogens (tertiary/aromatic N) is 6. The van der Waals surface area contributed by atoms with Crippen LogP contribution in [0.25, 0.3) is 5.69 Å². The maximum Gasteiger partial charge on any atom is 0.216 e. The van der Waals surface area contributed by atoms with Gasteiger partial charge in [0.1, 0.15) is 5.75 Å². The Morgan fingerprint density at radius 3 is 2.46 bits per heavy atom. The van der Waals surface area contributed by atoms with Crippen molar-refractivity contribution in [3.63, 3.8) is 0 Å². The molecule has 8 heteroatoms. The number of tetrazole rings is 1. The highest BCUT2D eigenvalue weighted by Gasteiger charge is 2.08. The summed E-state index contributed by atoms with van der Waals surface area (Å²) >= 11 is 0. The van der Waals surface area contributed by atoms with Gasteiger partial charge in [-0.1, -0.05) is 12.8 Å². The topological polar surface area (TPSA) is 91.8 Å². The Morgan fingerprint density at radius 1 is 1.00 bits per heavy atom. The molecule has 2 heterocycles. The SMILES string of the molecule is COc1ccc(-n2nnc(C)n2)cc1CCCCCCc1nnc(C)o1. The zero-order valence-electron chi connectivity index (χ0n) is 15.5. The first-order valence-corrected chi connectivity index (χ1v) is 8.88. The first-order chi connectivity index (χ1) is 12.7. The van der Waals surface area contributed by atoms with Crippen molar-refractivity contribution in [2.75, 3.05) is 7.11 Å². The number of aromatic nitrogens is 6. The Morgan fingerprint density at radius 2 is 1.81 bits per heavy atom. The third kappa shape index (κ3) is 4.65. The smallest absolute Gasteiger partial charge is 0.216 e. The summed E-state index contributed by atoms with van der Waals surface area (Å²) < 4.78 is 10.9. The van der Waals surface area contributed by atoms with Crippen molar-refractivity contribution in [1.82, 2.24) is 30.4 Å². The molecule has 0 saturated carbocycles. The van der Waals surface area contributed by atoms with E-state index in [0.29, 0.717) is 11.7 Å². The average Bonchev–Trinajstić information content (AvgIpc) is 3.26. The molecule has 26 heavy (non-hydrogen) atoms. The quantitative estimate of drug-likeness (QED) is 0.544. The molecule has 0 atom stereocenters. The minimum Gasteiger partial charge on any atom is -0.496 e. The molecule has 0 N–H and O–H groups in total. The van der Waals surface area contributed by atoms with Gasteiger partial charge in [-0.15, -0.1) is 25.2 Å². The lowest BCUT2D eigenvalue weighted by Gasteiger charge is -2.10. The van der Waals surface area contributed by atoms with Crippen molar-refractivity contribution in [3.05, 3.63) is 41.4 Å². The van der Waals surface area contributed by atoms with E-state index in [1.54, 1.807) is 11.9 Å². The van der Waals surface area contributed by atoms with E-state index in [4.69, 9.17) is 9.15 Å². The van der Waals surface area contributed by atoms with E-state index in [1.807, 2.05) is 26.0 Å². The Labute approximate surface area is 152 Å². The number of benzene rings is 1. The largest absolute Gasteiger partial charge is 0.496 e. The zero-order valence-corrected chi connectivity index (χ0v) is 15.5. The van der Waals surface area contributed by atoms with E-state index in [-0.39, 0.29) is 0 Å². The van der Waals surface area contributed by atoms with Crippen molar-refractivity contribution >= 4 is 0 Å². The summed E-state index contributed by atoms with van der Waals surface area (Å²) in [5, 5.41) is 20.1. The molecule has 3 aromatic rings. The molecule has 0 aliphatic carbocycles. The van der Waals surface area contributed by atoms with E-state index in [0.717, 1.165) is 61.4 Å². The third-order valence-corrected chi connectivity index (χ3v) is 4.16. The van der Waals surface area contributed by atoms with Crippen LogP contribution in [0.15, 0.2) is 22.6 Å². The Bertz CT molecular complexity index is 842. The van der Waals surface area contributed by atoms with Gasteiger partial charge in [-0.3, -0.25) is 0 Å². The normalized spacial score (nSPS) is 11.0. The second-order valence-electron chi connectivity index (χ2n) is 6.25. The molecular weight excluding hydrogens is 332 g/mol. The highest BCUT2D eigenvalue weighted by Crippen LogP contribution is 2.23. The summed E-state index contributed by atoms with van der Waals surface area (Å²) in [5.41, 5.74) is 2.06. The lowest BCUT2D eigenvalue weighted by Crippen LogP contribution is -2.02. The number of methoxy groups -OCH3 is 1. The van der Waals surface area contributed by atoms with Crippen molar-refractivity contribution in [2.45, 2.75) is 52.4 Å². The summed E-state index contributed by atoms with van der Waals surface area (Å²) in [6.45, 7) is 3.64. The van der Waals surface area contributed by atoms with Crippen LogP contribution in [0.5, 0.6) is 5.75 Å². The summed E-state index contributed by atoms with van der Waals surface area (Å²) in [6.07, 6.45) is 6.21. The van der Waals surface area contributed by atoms with Gasteiger partial charge in [0.05, 0.1) is 12.8 Å². The fraction of sp³-hybridized carbons (Fsp3) is 0.500. The average molecular weight is 356 g/mol. The van der Waals surface area contributed by atoms with Gasteiger partial charge >= 0.3 is 0 Å². The molecule has 0 saturated heterocycles. The molecule has 3 rings (SSSR count). The summed E-state index contributed by atoms with van der Waals surface area (Å²) in [7, 11) is 1.70. The summed E-state index contributed by atoms with van der Waals surface area (Å²) in [4.78, 5) is 1.55. The van der Waals surface area contributed by atoms with Gasteiger partial charge in [-0.25, -0.2) is 0 Å². The predicted octanol–water partition coefficient (Wildman–Crippen LogP) is 3.02. The molecule has 0 radical (unpaired) electrons. The second kappa shape index (κ2) is 8.55. The maximum absolute atomic E-state index is 5.49. The molecule has 2 aromatic heterocycles. The molecule has 1 aromatic carbocycles. The molecule has 0 fully saturated rings. The molecule has 0 unspecified atom stereocenters. The lowest BCUT2D eigenvalue weighted by atomic mass is 10.0. The molecule has 0 bridgehead atoms. The lowest BCUT2D eigenvalue weighted by molar-refractivity contribution is 0.408. The van der Waals surface area contributed by atoms with Crippen molar-refractivity contribution in [1.29, 1.82) is 0 Å². The highest BCUT2D eigenvalue weighted by molar-refractivity contribution is 5.43. The van der Waals surface area contributed by atoms with Gasteiger partial charge < -0.3 is 9.15 Å². The number of unbranched alkanes of at least 4 members (excludes halogenated alkanes) is 3. The predicted molar refractivity (Wildman–Crippen MR) is 95.4 cm³/mol. The van der Waals surface area contributed by atoms with Crippen molar-refractivity contribution in [3.8, 4) is 11.4 Å². The monoisotopic (exact) mass is 356 g/mol. The van der Waals surface area contributed by atoms with Crippen molar-refractivity contribution < 1.29 is 9.15 Å². The Balaban J connectivity index is 1.50. The van der Waals surface area contributed by atoms with Crippen LogP contribution in [-0.2, 0) is 12.8 Å². The molecule has 138 valence electrons. The Kier molecular flexibility index (Phi) is 5.93. The van der Waals surface area contributed by atoms with Crippen LogP contribution in [0, 0.1) is 13.8 Å². The van der Waals surface area contributed by atoms with Gasteiger partial charge in [0.2, 0.25) is 11.8 Å². The molecule has 0 amide bonds. The number of hydrogen-bond donors (Lipinski definition) is 0. The first kappa shape index (κ1) is 18.0. The number of hydrogen-bond acceptors (Lipinski definition) is 7. The van der Waals surface area contributed by atoms with Gasteiger partial charge in [0.15, 0.2) is 5.82 Å². The van der Waals surface area contributed by atoms with Crippen LogP contribution < -0.4 is 4.74 Å². The van der Waals surface area contributed by atoms with Gasteiger partial charge in [0, 0.05) is 13.3 Å². The third-order valence-electron chi connectivity index (χ3n) is 4.16. The fourth-order valence-corrected chi connectivity index (χ4v) is 2.86. The first-order valence-electron chi connectivity index (χ1n) is 8.88. The molecule has 0 aliphatic rings. The standard InChI is InChI=1S/C18H24N6O2/c1-13-19-23-24(22-13)16-10-11-17(25-3)15(12-16)8-6-4-5-7-9-18-21-20-14(2)26-18/h10-12H,4-9H2,1-3H3. The number of ether oxygens (including phenoxy) is 1. The van der Waals surface area contributed by atoms with Crippen LogP contribution in [0.2, 0.25) is 0 Å². The van der Waals surface area contributed by atoms with Crippen LogP contribution in [-0.4, -0.2) is 37.5 Å². The maximum atomic E-state index is 5.49. The van der Waals surface area contributed by atoms with Crippen LogP contribution in [0.1, 0.15) is 48.9 Å². The van der Waals surface area contributed by atoms with E-state index < -0.39 is 0 Å². The van der Waals surface area contributed by atoms with E-state index >= 15 is 0 Å². The van der Waals surface area contributed by atoms with Crippen LogP contribution in [0.4, 0.5) is 0 Å². The fourth-order valence-electron chi connectivity index (χ4n) is 2.86. The number of aryl methyl sites for hydroxylation is 4. The van der Waals surface area contributed by atoms with Crippen LogP contribution in [0.3, 0.4) is 0 Å². The van der Waals surface area contributed by atoms with E-state index in [1.165, 1.54) is 0 Å². The number of rotatable bonds is 9. The van der Waals surface area contributed by atoms with E-state index in [2.05, 4.69) is 31.7 Å². The van der Waals surface area contributed by atoms with Gasteiger partial charge in [-0.05, 0) is 55.2 Å². The zero-order chi connectivity index (χ0) is 18.4. The summed E-state index contributed by atoms with van der Waals surface area (Å²) in [5.74, 6) is 2.90. The Hall–Kier alpha value is -2.77. The molecule has 0 spiro atoms. The molecule has 0 aliphatic heterocycles. The minimum absolute atomic E-state index is 0.629.